The molecule has 4 nitrogen and oxygen atoms in total. The number of benzene rings is 1. The fourth-order valence-corrected chi connectivity index (χ4v) is 4.22. The van der Waals surface area contributed by atoms with E-state index in [-0.39, 0.29) is 11.2 Å². The molecular weight excluding hydrogens is 348 g/mol. The van der Waals surface area contributed by atoms with Gasteiger partial charge in [0.15, 0.2) is 6.29 Å². The van der Waals surface area contributed by atoms with E-state index < -0.39 is 6.29 Å². The van der Waals surface area contributed by atoms with E-state index in [9.17, 15) is 4.79 Å². The molecule has 0 N–H and O–H groups in total. The first-order valence-electron chi connectivity index (χ1n) is 8.69. The summed E-state index contributed by atoms with van der Waals surface area (Å²) < 4.78 is 18.0. The number of thiophene rings is 1. The van der Waals surface area contributed by atoms with Gasteiger partial charge < -0.3 is 14.2 Å². The van der Waals surface area contributed by atoms with Gasteiger partial charge in [-0.25, -0.2) is 0 Å². The van der Waals surface area contributed by atoms with Crippen LogP contribution in [0.15, 0.2) is 42.0 Å². The number of rotatable bonds is 3. The quantitative estimate of drug-likeness (QED) is 0.732. The van der Waals surface area contributed by atoms with Crippen LogP contribution >= 0.6 is 11.3 Å². The predicted octanol–water partition coefficient (Wildman–Crippen LogP) is 4.74. The van der Waals surface area contributed by atoms with E-state index in [1.54, 1.807) is 11.3 Å². The Morgan fingerprint density at radius 3 is 2.42 bits per heavy atom. The molecule has 1 fully saturated rings. The van der Waals surface area contributed by atoms with Crippen molar-refractivity contribution in [2.45, 2.75) is 45.2 Å². The maximum absolute atomic E-state index is 11.6. The second-order valence-electron chi connectivity index (χ2n) is 7.59. The summed E-state index contributed by atoms with van der Waals surface area (Å²) in [6.07, 6.45) is 0.494. The SMILES string of the molecule is CC1(C)OC(c2ccc(C3=C(C=O)COc4ccccc43)s2)OC1(C)C. The molecule has 4 rings (SSSR count). The molecule has 0 saturated carbocycles. The first-order chi connectivity index (χ1) is 12.3. The van der Waals surface area contributed by atoms with Crippen LogP contribution in [0, 0.1) is 0 Å². The zero-order valence-corrected chi connectivity index (χ0v) is 16.2. The zero-order valence-electron chi connectivity index (χ0n) is 15.4. The number of hydrogen-bond donors (Lipinski definition) is 0. The van der Waals surface area contributed by atoms with E-state index in [1.807, 2.05) is 64.1 Å². The highest BCUT2D eigenvalue weighted by Crippen LogP contribution is 2.47. The summed E-state index contributed by atoms with van der Waals surface area (Å²) >= 11 is 1.60. The van der Waals surface area contributed by atoms with Crippen LogP contribution in [0.1, 0.15) is 49.3 Å². The van der Waals surface area contributed by atoms with Crippen LogP contribution < -0.4 is 4.74 Å². The maximum Gasteiger partial charge on any atom is 0.194 e. The molecule has 5 heteroatoms. The Hall–Kier alpha value is -1.95. The van der Waals surface area contributed by atoms with Crippen LogP contribution in [0.25, 0.3) is 5.57 Å². The van der Waals surface area contributed by atoms with Crippen LogP contribution in [0.4, 0.5) is 0 Å². The number of aldehydes is 1. The summed E-state index contributed by atoms with van der Waals surface area (Å²) in [6.45, 7) is 8.47. The highest BCUT2D eigenvalue weighted by Gasteiger charge is 2.49. The average molecular weight is 370 g/mol. The van der Waals surface area contributed by atoms with Crippen molar-refractivity contribution in [2.75, 3.05) is 6.61 Å². The standard InChI is InChI=1S/C21H22O4S/c1-20(2)21(3,4)25-19(24-20)17-10-9-16(26-17)18-13(11-22)12-23-15-8-6-5-7-14(15)18/h5-11,19H,12H2,1-4H3. The molecule has 1 aromatic heterocycles. The van der Waals surface area contributed by atoms with E-state index in [0.29, 0.717) is 12.2 Å². The van der Waals surface area contributed by atoms with Gasteiger partial charge in [-0.05, 0) is 45.9 Å². The number of para-hydroxylation sites is 1. The lowest BCUT2D eigenvalue weighted by atomic mass is 9.90. The van der Waals surface area contributed by atoms with Crippen molar-refractivity contribution in [2.24, 2.45) is 0 Å². The van der Waals surface area contributed by atoms with Crippen molar-refractivity contribution < 1.29 is 19.0 Å². The van der Waals surface area contributed by atoms with Gasteiger partial charge in [0.05, 0.1) is 16.1 Å². The molecule has 0 unspecified atom stereocenters. The smallest absolute Gasteiger partial charge is 0.194 e. The summed E-state index contributed by atoms with van der Waals surface area (Å²) in [4.78, 5) is 13.6. The summed E-state index contributed by atoms with van der Waals surface area (Å²) in [7, 11) is 0. The largest absolute Gasteiger partial charge is 0.488 e. The van der Waals surface area contributed by atoms with Crippen LogP contribution in [0.2, 0.25) is 0 Å². The molecule has 136 valence electrons. The van der Waals surface area contributed by atoms with Gasteiger partial charge >= 0.3 is 0 Å². The fraction of sp³-hybridized carbons (Fsp3) is 0.381. The second kappa shape index (κ2) is 6.05. The Morgan fingerprint density at radius 2 is 1.73 bits per heavy atom. The Kier molecular flexibility index (Phi) is 4.06. The Balaban J connectivity index is 1.72. The lowest BCUT2D eigenvalue weighted by Crippen LogP contribution is -2.41. The minimum absolute atomic E-state index is 0.291. The highest BCUT2D eigenvalue weighted by atomic mass is 32.1. The van der Waals surface area contributed by atoms with Crippen molar-refractivity contribution in [1.29, 1.82) is 0 Å². The molecule has 26 heavy (non-hydrogen) atoms. The van der Waals surface area contributed by atoms with E-state index in [2.05, 4.69) is 0 Å². The van der Waals surface area contributed by atoms with Crippen LogP contribution in [0.3, 0.4) is 0 Å². The summed E-state index contributed by atoms with van der Waals surface area (Å²) in [5.74, 6) is 0.804. The van der Waals surface area contributed by atoms with E-state index in [4.69, 9.17) is 14.2 Å². The minimum atomic E-state index is -0.394. The Labute approximate surface area is 157 Å². The summed E-state index contributed by atoms with van der Waals surface area (Å²) in [6, 6.07) is 11.9. The molecule has 2 aliphatic rings. The summed E-state index contributed by atoms with van der Waals surface area (Å²) in [5, 5.41) is 0. The number of fused-ring (bicyclic) bond motifs is 1. The molecule has 2 aliphatic heterocycles. The van der Waals surface area contributed by atoms with E-state index in [1.165, 1.54) is 0 Å². The van der Waals surface area contributed by atoms with E-state index in [0.717, 1.165) is 32.9 Å². The van der Waals surface area contributed by atoms with Crippen molar-refractivity contribution in [3.05, 3.63) is 57.3 Å². The van der Waals surface area contributed by atoms with Gasteiger partial charge in [-0.3, -0.25) is 4.79 Å². The third-order valence-corrected chi connectivity index (χ3v) is 6.49. The molecule has 2 aromatic rings. The molecule has 1 saturated heterocycles. The van der Waals surface area contributed by atoms with Crippen LogP contribution in [-0.4, -0.2) is 24.1 Å². The molecular formula is C21H22O4S. The van der Waals surface area contributed by atoms with Crippen molar-refractivity contribution in [3.8, 4) is 5.75 Å². The summed E-state index contributed by atoms with van der Waals surface area (Å²) in [5.41, 5.74) is 1.80. The molecule has 0 bridgehead atoms. The predicted molar refractivity (Wildman–Crippen MR) is 101 cm³/mol. The fourth-order valence-electron chi connectivity index (χ4n) is 3.16. The molecule has 3 heterocycles. The highest BCUT2D eigenvalue weighted by molar-refractivity contribution is 7.13. The Morgan fingerprint density at radius 1 is 1.04 bits per heavy atom. The molecule has 0 aliphatic carbocycles. The number of hydrogen-bond acceptors (Lipinski definition) is 5. The lowest BCUT2D eigenvalue weighted by molar-refractivity contribution is -0.105. The van der Waals surface area contributed by atoms with Gasteiger partial charge in [-0.15, -0.1) is 11.3 Å². The Bertz CT molecular complexity index is 875. The number of carbonyl (C=O) groups is 1. The lowest BCUT2D eigenvalue weighted by Gasteiger charge is -2.30. The monoisotopic (exact) mass is 370 g/mol. The van der Waals surface area contributed by atoms with Crippen LogP contribution in [-0.2, 0) is 14.3 Å². The average Bonchev–Trinajstić information content (AvgIpc) is 3.16. The van der Waals surface area contributed by atoms with Gasteiger partial charge in [0.1, 0.15) is 18.6 Å². The van der Waals surface area contributed by atoms with Crippen molar-refractivity contribution >= 4 is 23.2 Å². The first-order valence-corrected chi connectivity index (χ1v) is 9.50. The molecule has 1 aromatic carbocycles. The molecule has 0 atom stereocenters. The van der Waals surface area contributed by atoms with Gasteiger partial charge in [-0.1, -0.05) is 18.2 Å². The molecule has 0 spiro atoms. The number of ether oxygens (including phenoxy) is 3. The van der Waals surface area contributed by atoms with Crippen molar-refractivity contribution in [1.82, 2.24) is 0 Å². The van der Waals surface area contributed by atoms with E-state index >= 15 is 0 Å². The minimum Gasteiger partial charge on any atom is -0.488 e. The number of carbonyl (C=O) groups excluding carboxylic acids is 1. The topological polar surface area (TPSA) is 44.8 Å². The van der Waals surface area contributed by atoms with Gasteiger partial charge in [0.25, 0.3) is 0 Å². The second-order valence-corrected chi connectivity index (χ2v) is 8.71. The van der Waals surface area contributed by atoms with Crippen LogP contribution in [0.5, 0.6) is 5.75 Å². The normalized spacial score (nSPS) is 21.4. The van der Waals surface area contributed by atoms with Gasteiger partial charge in [0, 0.05) is 21.6 Å². The van der Waals surface area contributed by atoms with Gasteiger partial charge in [0.2, 0.25) is 0 Å². The van der Waals surface area contributed by atoms with Crippen molar-refractivity contribution in [3.63, 3.8) is 0 Å². The van der Waals surface area contributed by atoms with Gasteiger partial charge in [-0.2, -0.15) is 0 Å². The zero-order chi connectivity index (χ0) is 18.5. The molecule has 0 radical (unpaired) electrons. The first kappa shape index (κ1) is 17.5. The third kappa shape index (κ3) is 2.71. The molecule has 0 amide bonds. The maximum atomic E-state index is 11.6. The third-order valence-electron chi connectivity index (χ3n) is 5.36.